The van der Waals surface area contributed by atoms with Gasteiger partial charge >= 0.3 is 0 Å². The van der Waals surface area contributed by atoms with E-state index in [2.05, 4.69) is 5.32 Å². The summed E-state index contributed by atoms with van der Waals surface area (Å²) in [5.74, 6) is -1.04. The van der Waals surface area contributed by atoms with Crippen LogP contribution in [0.5, 0.6) is 0 Å². The van der Waals surface area contributed by atoms with Crippen molar-refractivity contribution in [2.24, 2.45) is 0 Å². The Morgan fingerprint density at radius 3 is 2.39 bits per heavy atom. The maximum absolute atomic E-state index is 13.9. The fourth-order valence-corrected chi connectivity index (χ4v) is 2.52. The van der Waals surface area contributed by atoms with E-state index < -0.39 is 11.6 Å². The van der Waals surface area contributed by atoms with Crippen molar-refractivity contribution in [2.75, 3.05) is 5.32 Å². The number of ether oxygens (including phenoxy) is 1. The molecule has 0 saturated carbocycles. The number of benzene rings is 1. The molecule has 4 heteroatoms. The first kappa shape index (κ1) is 13.3. The molecule has 1 aliphatic heterocycles. The van der Waals surface area contributed by atoms with Crippen LogP contribution in [0.15, 0.2) is 12.1 Å². The van der Waals surface area contributed by atoms with Crippen LogP contribution in [-0.4, -0.2) is 18.2 Å². The Hall–Kier alpha value is -1.16. The number of nitrogens with one attached hydrogen (secondary N) is 1. The fourth-order valence-electron chi connectivity index (χ4n) is 2.52. The molecule has 1 aromatic carbocycles. The molecule has 1 aliphatic rings. The lowest BCUT2D eigenvalue weighted by Crippen LogP contribution is -2.37. The third-order valence-corrected chi connectivity index (χ3v) is 3.33. The van der Waals surface area contributed by atoms with Gasteiger partial charge in [0.15, 0.2) is 5.82 Å². The molecule has 100 valence electrons. The maximum atomic E-state index is 13.9. The van der Waals surface area contributed by atoms with E-state index in [-0.39, 0.29) is 23.9 Å². The summed E-state index contributed by atoms with van der Waals surface area (Å²) in [6.07, 6.45) is 1.75. The van der Waals surface area contributed by atoms with E-state index in [1.165, 1.54) is 12.1 Å². The second-order valence-corrected chi connectivity index (χ2v) is 5.12. The molecule has 2 unspecified atom stereocenters. The van der Waals surface area contributed by atoms with Gasteiger partial charge in [-0.2, -0.15) is 0 Å². The van der Waals surface area contributed by atoms with E-state index in [4.69, 9.17) is 4.74 Å². The Labute approximate surface area is 106 Å². The van der Waals surface area contributed by atoms with Gasteiger partial charge in [0.1, 0.15) is 11.5 Å². The van der Waals surface area contributed by atoms with Gasteiger partial charge in [0.05, 0.1) is 12.2 Å². The zero-order chi connectivity index (χ0) is 13.3. The normalized spacial score (nSPS) is 28.2. The van der Waals surface area contributed by atoms with E-state index in [0.29, 0.717) is 5.56 Å². The highest BCUT2D eigenvalue weighted by atomic mass is 19.1. The van der Waals surface area contributed by atoms with Crippen molar-refractivity contribution in [3.63, 3.8) is 0 Å². The standard InChI is InChI=1S/C14H19F2NO/c1-8-4-5-12(15)14(13(8)16)17-11-6-9(2)18-10(3)7-11/h4-5,9-11,17H,6-7H2,1-3H3. The smallest absolute Gasteiger partial charge is 0.152 e. The van der Waals surface area contributed by atoms with Crippen molar-refractivity contribution in [3.8, 4) is 0 Å². The Kier molecular flexibility index (Phi) is 3.85. The van der Waals surface area contributed by atoms with E-state index in [1.54, 1.807) is 6.92 Å². The molecule has 1 heterocycles. The Bertz CT molecular complexity index is 426. The number of anilines is 1. The number of hydrogen-bond donors (Lipinski definition) is 1. The molecule has 2 atom stereocenters. The molecule has 0 radical (unpaired) electrons. The van der Waals surface area contributed by atoms with Crippen LogP contribution in [0.25, 0.3) is 0 Å². The molecule has 2 rings (SSSR count). The third kappa shape index (κ3) is 2.80. The Balaban J connectivity index is 2.16. The van der Waals surface area contributed by atoms with Crippen molar-refractivity contribution < 1.29 is 13.5 Å². The van der Waals surface area contributed by atoms with E-state index in [0.717, 1.165) is 12.8 Å². The molecule has 0 aromatic heterocycles. The molecule has 0 bridgehead atoms. The average Bonchev–Trinajstić information content (AvgIpc) is 2.28. The first-order valence-electron chi connectivity index (χ1n) is 6.34. The van der Waals surface area contributed by atoms with Gasteiger partial charge in [-0.3, -0.25) is 0 Å². The highest BCUT2D eigenvalue weighted by Crippen LogP contribution is 2.27. The zero-order valence-electron chi connectivity index (χ0n) is 11.0. The van der Waals surface area contributed by atoms with Crippen LogP contribution >= 0.6 is 0 Å². The lowest BCUT2D eigenvalue weighted by Gasteiger charge is -2.33. The number of hydrogen-bond acceptors (Lipinski definition) is 2. The molecular formula is C14H19F2NO. The highest BCUT2D eigenvalue weighted by Gasteiger charge is 2.26. The van der Waals surface area contributed by atoms with Crippen LogP contribution in [-0.2, 0) is 4.74 Å². The minimum absolute atomic E-state index is 0.0127. The molecule has 0 amide bonds. The predicted octanol–water partition coefficient (Wildman–Crippen LogP) is 3.64. The summed E-state index contributed by atoms with van der Waals surface area (Å²) >= 11 is 0. The monoisotopic (exact) mass is 255 g/mol. The van der Waals surface area contributed by atoms with Crippen molar-refractivity contribution in [2.45, 2.75) is 51.9 Å². The SMILES string of the molecule is Cc1ccc(F)c(NC2CC(C)OC(C)C2)c1F. The number of rotatable bonds is 2. The van der Waals surface area contributed by atoms with Gasteiger partial charge in [-0.05, 0) is 45.2 Å². The molecule has 1 N–H and O–H groups in total. The average molecular weight is 255 g/mol. The second-order valence-electron chi connectivity index (χ2n) is 5.12. The minimum Gasteiger partial charge on any atom is -0.377 e. The summed E-state index contributed by atoms with van der Waals surface area (Å²) in [5.41, 5.74) is 0.438. The van der Waals surface area contributed by atoms with Crippen LogP contribution in [0.1, 0.15) is 32.3 Å². The van der Waals surface area contributed by atoms with Gasteiger partial charge in [0.25, 0.3) is 0 Å². The predicted molar refractivity (Wildman–Crippen MR) is 67.7 cm³/mol. The van der Waals surface area contributed by atoms with Crippen molar-refractivity contribution in [1.82, 2.24) is 0 Å². The van der Waals surface area contributed by atoms with Crippen molar-refractivity contribution in [1.29, 1.82) is 0 Å². The quantitative estimate of drug-likeness (QED) is 0.871. The van der Waals surface area contributed by atoms with Crippen LogP contribution < -0.4 is 5.32 Å². The first-order valence-corrected chi connectivity index (χ1v) is 6.34. The van der Waals surface area contributed by atoms with Crippen molar-refractivity contribution >= 4 is 5.69 Å². The van der Waals surface area contributed by atoms with Gasteiger partial charge in [-0.1, -0.05) is 6.07 Å². The summed E-state index contributed by atoms with van der Waals surface area (Å²) in [4.78, 5) is 0. The lowest BCUT2D eigenvalue weighted by molar-refractivity contribution is -0.0338. The van der Waals surface area contributed by atoms with Gasteiger partial charge in [0.2, 0.25) is 0 Å². The lowest BCUT2D eigenvalue weighted by atomic mass is 9.99. The van der Waals surface area contributed by atoms with Gasteiger partial charge in [-0.25, -0.2) is 8.78 Å². The molecule has 1 aromatic rings. The molecular weight excluding hydrogens is 236 g/mol. The Morgan fingerprint density at radius 2 is 1.78 bits per heavy atom. The van der Waals surface area contributed by atoms with Crippen LogP contribution in [0, 0.1) is 18.6 Å². The largest absolute Gasteiger partial charge is 0.377 e. The summed E-state index contributed by atoms with van der Waals surface area (Å²) in [6.45, 7) is 5.59. The van der Waals surface area contributed by atoms with Crippen molar-refractivity contribution in [3.05, 3.63) is 29.3 Å². The van der Waals surface area contributed by atoms with Gasteiger partial charge < -0.3 is 10.1 Å². The summed E-state index contributed by atoms with van der Waals surface area (Å²) in [6, 6.07) is 2.80. The van der Waals surface area contributed by atoms with Crippen LogP contribution in [0.2, 0.25) is 0 Å². The molecule has 2 nitrogen and oxygen atoms in total. The third-order valence-electron chi connectivity index (χ3n) is 3.33. The summed E-state index contributed by atoms with van der Waals surface area (Å²) < 4.78 is 33.1. The second kappa shape index (κ2) is 5.22. The number of halogens is 2. The highest BCUT2D eigenvalue weighted by molar-refractivity contribution is 5.49. The topological polar surface area (TPSA) is 21.3 Å². The minimum atomic E-state index is -0.537. The van der Waals surface area contributed by atoms with Crippen LogP contribution in [0.4, 0.5) is 14.5 Å². The van der Waals surface area contributed by atoms with E-state index in [1.807, 2.05) is 13.8 Å². The summed E-state index contributed by atoms with van der Waals surface area (Å²) in [7, 11) is 0. The molecule has 0 spiro atoms. The number of aryl methyl sites for hydroxylation is 1. The molecule has 1 saturated heterocycles. The van der Waals surface area contributed by atoms with Crippen LogP contribution in [0.3, 0.4) is 0 Å². The van der Waals surface area contributed by atoms with Gasteiger partial charge in [0, 0.05) is 6.04 Å². The molecule has 0 aliphatic carbocycles. The zero-order valence-corrected chi connectivity index (χ0v) is 11.0. The summed E-state index contributed by atoms with van der Waals surface area (Å²) in [5, 5.41) is 2.99. The molecule has 18 heavy (non-hydrogen) atoms. The first-order chi connectivity index (χ1) is 8.47. The Morgan fingerprint density at radius 1 is 1.17 bits per heavy atom. The van der Waals surface area contributed by atoms with E-state index >= 15 is 0 Å². The van der Waals surface area contributed by atoms with Gasteiger partial charge in [-0.15, -0.1) is 0 Å². The molecule has 1 fully saturated rings. The maximum Gasteiger partial charge on any atom is 0.152 e. The fraction of sp³-hybridized carbons (Fsp3) is 0.571. The van der Waals surface area contributed by atoms with E-state index in [9.17, 15) is 8.78 Å².